The summed E-state index contributed by atoms with van der Waals surface area (Å²) in [5.41, 5.74) is 0.690. The highest BCUT2D eigenvalue weighted by Gasteiger charge is 2.22. The Balaban J connectivity index is 2.12. The second kappa shape index (κ2) is 6.21. The molecule has 1 aliphatic heterocycles. The fourth-order valence-electron chi connectivity index (χ4n) is 2.25. The molecule has 1 aliphatic rings. The fourth-order valence-corrected chi connectivity index (χ4v) is 2.48. The zero-order valence-corrected chi connectivity index (χ0v) is 11.3. The predicted molar refractivity (Wildman–Crippen MR) is 72.5 cm³/mol. The van der Waals surface area contributed by atoms with Gasteiger partial charge in [0.25, 0.3) is 0 Å². The normalized spacial score (nSPS) is 16.6. The Hall–Kier alpha value is -1.06. The number of carbonyl (C=O) groups excluding carboxylic acids is 1. The number of Topliss-reactive ketones (excluding diaryl/α,β-unsaturated/α-hetero) is 1. The molecule has 18 heavy (non-hydrogen) atoms. The Labute approximate surface area is 112 Å². The summed E-state index contributed by atoms with van der Waals surface area (Å²) < 4.78 is 5.36. The van der Waals surface area contributed by atoms with E-state index < -0.39 is 0 Å². The quantitative estimate of drug-likeness (QED) is 0.853. The number of hydrogen-bond donors (Lipinski definition) is 1. The first kappa shape index (κ1) is 13.4. The Morgan fingerprint density at radius 3 is 2.78 bits per heavy atom. The van der Waals surface area contributed by atoms with Crippen molar-refractivity contribution < 1.29 is 9.53 Å². The van der Waals surface area contributed by atoms with Crippen molar-refractivity contribution in [3.05, 3.63) is 28.8 Å². The highest BCUT2D eigenvalue weighted by molar-refractivity contribution is 6.32. The molecule has 0 saturated carbocycles. The SMILES string of the molecule is CCOc1ccc(C(=O)C2CCNCC2)cc1Cl. The molecule has 1 aromatic rings. The van der Waals surface area contributed by atoms with Gasteiger partial charge in [-0.1, -0.05) is 11.6 Å². The lowest BCUT2D eigenvalue weighted by atomic mass is 9.89. The van der Waals surface area contributed by atoms with Gasteiger partial charge in [-0.2, -0.15) is 0 Å². The monoisotopic (exact) mass is 267 g/mol. The molecule has 1 N–H and O–H groups in total. The third-order valence-corrected chi connectivity index (χ3v) is 3.52. The van der Waals surface area contributed by atoms with E-state index in [2.05, 4.69) is 5.32 Å². The lowest BCUT2D eigenvalue weighted by molar-refractivity contribution is 0.0895. The number of benzene rings is 1. The molecule has 0 atom stereocenters. The van der Waals surface area contributed by atoms with E-state index in [-0.39, 0.29) is 11.7 Å². The molecule has 0 aromatic heterocycles. The van der Waals surface area contributed by atoms with Gasteiger partial charge in [-0.05, 0) is 51.1 Å². The lowest BCUT2D eigenvalue weighted by Crippen LogP contribution is -2.31. The van der Waals surface area contributed by atoms with E-state index in [0.29, 0.717) is 22.9 Å². The summed E-state index contributed by atoms with van der Waals surface area (Å²) in [6.07, 6.45) is 1.81. The summed E-state index contributed by atoms with van der Waals surface area (Å²) in [4.78, 5) is 12.3. The minimum atomic E-state index is 0.125. The number of carbonyl (C=O) groups is 1. The lowest BCUT2D eigenvalue weighted by Gasteiger charge is -2.21. The van der Waals surface area contributed by atoms with Crippen LogP contribution in [0.5, 0.6) is 5.75 Å². The topological polar surface area (TPSA) is 38.3 Å². The number of hydrogen-bond acceptors (Lipinski definition) is 3. The molecule has 1 saturated heterocycles. The summed E-state index contributed by atoms with van der Waals surface area (Å²) in [5.74, 6) is 0.961. The summed E-state index contributed by atoms with van der Waals surface area (Å²) in [7, 11) is 0. The van der Waals surface area contributed by atoms with Crippen molar-refractivity contribution in [3.8, 4) is 5.75 Å². The van der Waals surface area contributed by atoms with Crippen molar-refractivity contribution >= 4 is 17.4 Å². The number of nitrogens with one attached hydrogen (secondary N) is 1. The molecular weight excluding hydrogens is 250 g/mol. The molecule has 0 amide bonds. The van der Waals surface area contributed by atoms with E-state index in [0.717, 1.165) is 25.9 Å². The molecule has 0 unspecified atom stereocenters. The number of ether oxygens (including phenoxy) is 1. The van der Waals surface area contributed by atoms with Gasteiger partial charge in [-0.25, -0.2) is 0 Å². The maximum Gasteiger partial charge on any atom is 0.166 e. The van der Waals surface area contributed by atoms with Gasteiger partial charge >= 0.3 is 0 Å². The maximum atomic E-state index is 12.3. The van der Waals surface area contributed by atoms with Crippen LogP contribution >= 0.6 is 11.6 Å². The van der Waals surface area contributed by atoms with Gasteiger partial charge in [0.2, 0.25) is 0 Å². The Bertz CT molecular complexity index is 428. The van der Waals surface area contributed by atoms with E-state index in [1.165, 1.54) is 0 Å². The minimum absolute atomic E-state index is 0.125. The molecule has 98 valence electrons. The van der Waals surface area contributed by atoms with Crippen LogP contribution < -0.4 is 10.1 Å². The number of halogens is 1. The average Bonchev–Trinajstić information content (AvgIpc) is 2.41. The second-order valence-corrected chi connectivity index (χ2v) is 4.87. The molecule has 2 rings (SSSR count). The van der Waals surface area contributed by atoms with Gasteiger partial charge in [-0.15, -0.1) is 0 Å². The van der Waals surface area contributed by atoms with Crippen LogP contribution in [0.1, 0.15) is 30.1 Å². The van der Waals surface area contributed by atoms with Gasteiger partial charge in [0, 0.05) is 11.5 Å². The largest absolute Gasteiger partial charge is 0.492 e. The molecule has 0 spiro atoms. The van der Waals surface area contributed by atoms with Crippen LogP contribution in [0.2, 0.25) is 5.02 Å². The van der Waals surface area contributed by atoms with E-state index in [1.807, 2.05) is 6.92 Å². The molecule has 4 heteroatoms. The van der Waals surface area contributed by atoms with Crippen LogP contribution in [0.15, 0.2) is 18.2 Å². The molecule has 0 aliphatic carbocycles. The smallest absolute Gasteiger partial charge is 0.166 e. The molecule has 1 aromatic carbocycles. The summed E-state index contributed by atoms with van der Waals surface area (Å²) in [5, 5.41) is 3.77. The molecule has 0 bridgehead atoms. The average molecular weight is 268 g/mol. The van der Waals surface area contributed by atoms with Crippen LogP contribution in [-0.2, 0) is 0 Å². The van der Waals surface area contributed by atoms with E-state index >= 15 is 0 Å². The summed E-state index contributed by atoms with van der Waals surface area (Å²) >= 11 is 6.10. The predicted octanol–water partition coefficient (Wildman–Crippen LogP) is 2.92. The third-order valence-electron chi connectivity index (χ3n) is 3.23. The zero-order valence-electron chi connectivity index (χ0n) is 10.5. The van der Waals surface area contributed by atoms with Crippen LogP contribution in [0.4, 0.5) is 0 Å². The Kier molecular flexibility index (Phi) is 4.61. The van der Waals surface area contributed by atoms with Crippen molar-refractivity contribution in [2.45, 2.75) is 19.8 Å². The van der Waals surface area contributed by atoms with Crippen molar-refractivity contribution in [2.75, 3.05) is 19.7 Å². The second-order valence-electron chi connectivity index (χ2n) is 4.47. The highest BCUT2D eigenvalue weighted by Crippen LogP contribution is 2.27. The first-order valence-corrected chi connectivity index (χ1v) is 6.77. The van der Waals surface area contributed by atoms with Gasteiger partial charge in [0.15, 0.2) is 5.78 Å². The summed E-state index contributed by atoms with van der Waals surface area (Å²) in [6, 6.07) is 5.30. The minimum Gasteiger partial charge on any atom is -0.492 e. The summed E-state index contributed by atoms with van der Waals surface area (Å²) in [6.45, 7) is 4.31. The van der Waals surface area contributed by atoms with Gasteiger partial charge in [0.05, 0.1) is 11.6 Å². The van der Waals surface area contributed by atoms with Gasteiger partial charge in [-0.3, -0.25) is 4.79 Å². The molecule has 1 fully saturated rings. The zero-order chi connectivity index (χ0) is 13.0. The first-order valence-electron chi connectivity index (χ1n) is 6.39. The third kappa shape index (κ3) is 3.03. The molecule has 1 heterocycles. The van der Waals surface area contributed by atoms with Gasteiger partial charge < -0.3 is 10.1 Å². The van der Waals surface area contributed by atoms with Crippen molar-refractivity contribution in [1.29, 1.82) is 0 Å². The number of rotatable bonds is 4. The van der Waals surface area contributed by atoms with Crippen molar-refractivity contribution in [3.63, 3.8) is 0 Å². The Morgan fingerprint density at radius 2 is 2.17 bits per heavy atom. The van der Waals surface area contributed by atoms with Crippen molar-refractivity contribution in [2.24, 2.45) is 5.92 Å². The van der Waals surface area contributed by atoms with Gasteiger partial charge in [0.1, 0.15) is 5.75 Å². The number of ketones is 1. The first-order chi connectivity index (χ1) is 8.72. The fraction of sp³-hybridized carbons (Fsp3) is 0.500. The molecular formula is C14H18ClNO2. The van der Waals surface area contributed by atoms with Crippen LogP contribution in [0.25, 0.3) is 0 Å². The standard InChI is InChI=1S/C14H18ClNO2/c1-2-18-13-4-3-11(9-12(13)15)14(17)10-5-7-16-8-6-10/h3-4,9-10,16H,2,5-8H2,1H3. The van der Waals surface area contributed by atoms with E-state index in [4.69, 9.17) is 16.3 Å². The molecule has 0 radical (unpaired) electrons. The van der Waals surface area contributed by atoms with Crippen LogP contribution in [-0.4, -0.2) is 25.5 Å². The number of piperidine rings is 1. The molecule has 3 nitrogen and oxygen atoms in total. The maximum absolute atomic E-state index is 12.3. The highest BCUT2D eigenvalue weighted by atomic mass is 35.5. The van der Waals surface area contributed by atoms with E-state index in [1.54, 1.807) is 18.2 Å². The van der Waals surface area contributed by atoms with Crippen LogP contribution in [0, 0.1) is 5.92 Å². The van der Waals surface area contributed by atoms with Crippen molar-refractivity contribution in [1.82, 2.24) is 5.32 Å². The van der Waals surface area contributed by atoms with Crippen LogP contribution in [0.3, 0.4) is 0 Å². The Morgan fingerprint density at radius 1 is 1.44 bits per heavy atom. The van der Waals surface area contributed by atoms with E-state index in [9.17, 15) is 4.79 Å².